The molecular weight excluding hydrogens is 503 g/mol. The number of hydrogen-bond acceptors (Lipinski definition) is 10. The van der Waals surface area contributed by atoms with E-state index >= 15 is 0 Å². The van der Waals surface area contributed by atoms with Crippen molar-refractivity contribution in [1.29, 1.82) is 0 Å². The molecule has 0 fully saturated rings. The first-order valence-electron chi connectivity index (χ1n) is 9.99. The molecule has 0 rings (SSSR count). The summed E-state index contributed by atoms with van der Waals surface area (Å²) < 4.78 is 4.63. The maximum absolute atomic E-state index is 10.6. The van der Waals surface area contributed by atoms with Crippen molar-refractivity contribution in [3.05, 3.63) is 0 Å². The first kappa shape index (κ1) is 37.6. The van der Waals surface area contributed by atoms with Crippen LogP contribution in [0, 0.1) is 23.7 Å². The Kier molecular flexibility index (Phi) is 26.4. The Balaban J connectivity index is -0.000000170. The molecule has 32 heavy (non-hydrogen) atoms. The topological polar surface area (TPSA) is 181 Å². The number of carbonyl (C=O) groups excluding carboxylic acids is 6. The van der Waals surface area contributed by atoms with Gasteiger partial charge in [-0.3, -0.25) is 14.4 Å². The Morgan fingerprint density at radius 3 is 0.969 bits per heavy atom. The molecule has 3 unspecified atom stereocenters. The molecule has 0 spiro atoms. The van der Waals surface area contributed by atoms with Crippen LogP contribution in [0.1, 0.15) is 68.2 Å². The van der Waals surface area contributed by atoms with Gasteiger partial charge < -0.3 is 29.7 Å². The number of carboxylic acid groups (broad SMARTS) is 3. The van der Waals surface area contributed by atoms with Gasteiger partial charge >= 0.3 is 41.5 Å². The van der Waals surface area contributed by atoms with E-state index in [1.807, 2.05) is 6.92 Å². The van der Waals surface area contributed by atoms with Crippen LogP contribution in [0.2, 0.25) is 0 Å². The van der Waals surface area contributed by atoms with Gasteiger partial charge in [-0.25, -0.2) is 0 Å². The molecule has 0 bridgehead atoms. The number of hydrogen-bond donors (Lipinski definition) is 0. The van der Waals surface area contributed by atoms with Gasteiger partial charge in [0.05, 0.1) is 35.7 Å². The van der Waals surface area contributed by atoms with E-state index in [2.05, 4.69) is 2.81 Å². The molecule has 0 amide bonds. The molecule has 0 aromatic rings. The fourth-order valence-corrected chi connectivity index (χ4v) is 2.15. The van der Waals surface area contributed by atoms with Gasteiger partial charge in [0.15, 0.2) is 0 Å². The van der Waals surface area contributed by atoms with Crippen molar-refractivity contribution in [1.82, 2.24) is 0 Å². The van der Waals surface area contributed by atoms with Crippen LogP contribution in [0.25, 0.3) is 0 Å². The summed E-state index contributed by atoms with van der Waals surface area (Å²) in [4.78, 5) is 61.7. The maximum atomic E-state index is 10.6. The number of aliphatic carboxylic acids is 3. The van der Waals surface area contributed by atoms with Crippen molar-refractivity contribution in [2.75, 3.05) is 6.61 Å². The normalized spacial score (nSPS) is 12.2. The van der Waals surface area contributed by atoms with Crippen LogP contribution in [0.5, 0.6) is 0 Å². The Morgan fingerprint density at radius 2 is 0.969 bits per heavy atom. The van der Waals surface area contributed by atoms with Gasteiger partial charge in [-0.2, -0.15) is 0 Å². The second kappa shape index (κ2) is 22.5. The van der Waals surface area contributed by atoms with E-state index < -0.39 is 35.7 Å². The van der Waals surface area contributed by atoms with Crippen LogP contribution >= 0.6 is 0 Å². The van der Waals surface area contributed by atoms with Gasteiger partial charge in [0.1, 0.15) is 17.3 Å². The Labute approximate surface area is 205 Å². The minimum atomic E-state index is -1.28. The summed E-state index contributed by atoms with van der Waals surface area (Å²) in [5.41, 5.74) is 0. The average Bonchev–Trinajstić information content (AvgIpc) is 2.61. The van der Waals surface area contributed by atoms with E-state index in [0.29, 0.717) is 12.8 Å². The predicted octanol–water partition coefficient (Wildman–Crippen LogP) is -1.21. The van der Waals surface area contributed by atoms with Crippen LogP contribution < -0.4 is 15.3 Å². The molecule has 0 aromatic heterocycles. The SMILES string of the molecule is CC(=O)C(C(=O)[O-])C(C)C.CCC(C(C)=O)C(=O)[O-].CCC(C(C)=O)C(=O)[O-].CC[O][Zr+3]. The third-order valence-electron chi connectivity index (χ3n) is 3.87. The summed E-state index contributed by atoms with van der Waals surface area (Å²) in [6.07, 6.45) is 0.634. The molecule has 182 valence electrons. The summed E-state index contributed by atoms with van der Waals surface area (Å²) in [7, 11) is 0. The van der Waals surface area contributed by atoms with E-state index in [9.17, 15) is 44.1 Å². The average molecular weight is 538 g/mol. The van der Waals surface area contributed by atoms with E-state index in [1.54, 1.807) is 27.7 Å². The molecule has 0 N–H and O–H groups in total. The summed E-state index contributed by atoms with van der Waals surface area (Å²) in [6.45, 7) is 13.3. The van der Waals surface area contributed by atoms with E-state index in [4.69, 9.17) is 0 Å². The molecule has 10 nitrogen and oxygen atoms in total. The Hall–Kier alpha value is -1.74. The number of carboxylic acids is 3. The molecule has 0 aliphatic rings. The van der Waals surface area contributed by atoms with E-state index in [0.717, 1.165) is 6.61 Å². The van der Waals surface area contributed by atoms with Crippen LogP contribution in [0.15, 0.2) is 0 Å². The van der Waals surface area contributed by atoms with Crippen LogP contribution in [-0.2, 0) is 56.7 Å². The summed E-state index contributed by atoms with van der Waals surface area (Å²) in [5.74, 6) is -7.78. The minimum absolute atomic E-state index is 0.178. The van der Waals surface area contributed by atoms with Gasteiger partial charge in [0.25, 0.3) is 0 Å². The summed E-state index contributed by atoms with van der Waals surface area (Å²) >= 11 is 1.17. The summed E-state index contributed by atoms with van der Waals surface area (Å²) in [5, 5.41) is 30.3. The van der Waals surface area contributed by atoms with Gasteiger partial charge in [0, 0.05) is 0 Å². The Bertz CT molecular complexity index is 525. The number of rotatable bonds is 10. The molecule has 0 radical (unpaired) electrons. The molecule has 11 heteroatoms. The van der Waals surface area contributed by atoms with Crippen molar-refractivity contribution in [2.24, 2.45) is 23.7 Å². The molecule has 3 atom stereocenters. The number of Topliss-reactive ketones (excluding diaryl/α,β-unsaturated/α-hetero) is 3. The molecule has 0 aliphatic carbocycles. The van der Waals surface area contributed by atoms with E-state index in [-0.39, 0.29) is 23.3 Å². The third kappa shape index (κ3) is 21.5. The van der Waals surface area contributed by atoms with Gasteiger partial charge in [-0.15, -0.1) is 0 Å². The van der Waals surface area contributed by atoms with Gasteiger partial charge in [0.2, 0.25) is 0 Å². The van der Waals surface area contributed by atoms with E-state index in [1.165, 1.54) is 45.9 Å². The molecule has 0 aromatic carbocycles. The molecule has 0 saturated carbocycles. The third-order valence-corrected chi connectivity index (χ3v) is 4.58. The first-order valence-corrected chi connectivity index (χ1v) is 11.0. The quantitative estimate of drug-likeness (QED) is 0.306. The fraction of sp³-hybridized carbons (Fsp3) is 0.714. The van der Waals surface area contributed by atoms with Crippen LogP contribution in [0.4, 0.5) is 0 Å². The van der Waals surface area contributed by atoms with Crippen LogP contribution in [0.3, 0.4) is 0 Å². The van der Waals surface area contributed by atoms with Crippen molar-refractivity contribution < 1.29 is 72.1 Å². The number of ketones is 3. The second-order valence-electron chi connectivity index (χ2n) is 6.87. The standard InChI is InChI=1S/C7H12O3.2C6H10O3.C2H5O.Zr/c1-4(2)6(5(3)8)7(9)10;2*1-3-5(4(2)7)6(8)9;1-2-3;/h4,6H,1-3H3,(H,9,10);2*5H,3H2,1-2H3,(H,8,9);2H2,1H3;/q;;;-1;+4/p-3. The second-order valence-corrected chi connectivity index (χ2v) is 7.58. The molecular formula is C21H34O10Zr. The predicted molar refractivity (Wildman–Crippen MR) is 105 cm³/mol. The monoisotopic (exact) mass is 536 g/mol. The zero-order chi connectivity index (χ0) is 26.6. The van der Waals surface area contributed by atoms with Gasteiger partial charge in [-0.05, 0) is 39.5 Å². The zero-order valence-corrected chi connectivity index (χ0v) is 22.5. The van der Waals surface area contributed by atoms with Gasteiger partial charge in [-0.1, -0.05) is 27.7 Å². The van der Waals surface area contributed by atoms with Crippen molar-refractivity contribution >= 4 is 35.3 Å². The van der Waals surface area contributed by atoms with Crippen molar-refractivity contribution in [3.8, 4) is 0 Å². The fourth-order valence-electron chi connectivity index (χ4n) is 2.15. The zero-order valence-electron chi connectivity index (χ0n) is 20.0. The first-order chi connectivity index (χ1) is 14.6. The molecule has 0 aliphatic heterocycles. The van der Waals surface area contributed by atoms with Crippen molar-refractivity contribution in [3.63, 3.8) is 0 Å². The molecule has 0 heterocycles. The summed E-state index contributed by atoms with van der Waals surface area (Å²) in [6, 6.07) is 0. The van der Waals surface area contributed by atoms with Crippen LogP contribution in [-0.4, -0.2) is 41.9 Å². The van der Waals surface area contributed by atoms with Crippen molar-refractivity contribution in [2.45, 2.75) is 68.2 Å². The Morgan fingerprint density at radius 1 is 0.688 bits per heavy atom. The molecule has 0 saturated heterocycles. The number of carbonyl (C=O) groups is 6.